The summed E-state index contributed by atoms with van der Waals surface area (Å²) in [6.45, 7) is 4.12. The third kappa shape index (κ3) is 4.99. The van der Waals surface area contributed by atoms with Gasteiger partial charge in [-0.05, 0) is 48.2 Å². The smallest absolute Gasteiger partial charge is 0.244 e. The summed E-state index contributed by atoms with van der Waals surface area (Å²) in [5.41, 5.74) is 3.36. The topological polar surface area (TPSA) is 38.3 Å². The van der Waals surface area contributed by atoms with Crippen LogP contribution in [0, 0.1) is 0 Å². The second kappa shape index (κ2) is 8.18. The lowest BCUT2D eigenvalue weighted by Gasteiger charge is -2.13. The van der Waals surface area contributed by atoms with E-state index in [-0.39, 0.29) is 11.9 Å². The summed E-state index contributed by atoms with van der Waals surface area (Å²) < 4.78 is 5.11. The number of carbonyl (C=O) groups excluding carboxylic acids is 1. The first-order valence-corrected chi connectivity index (χ1v) is 7.84. The van der Waals surface area contributed by atoms with Crippen molar-refractivity contribution < 1.29 is 9.53 Å². The van der Waals surface area contributed by atoms with Crippen LogP contribution in [0.2, 0.25) is 0 Å². The summed E-state index contributed by atoms with van der Waals surface area (Å²) in [6, 6.07) is 15.9. The summed E-state index contributed by atoms with van der Waals surface area (Å²) >= 11 is 0. The van der Waals surface area contributed by atoms with Crippen molar-refractivity contribution >= 4 is 12.0 Å². The van der Waals surface area contributed by atoms with E-state index in [1.54, 1.807) is 19.3 Å². The normalized spacial score (nSPS) is 12.1. The fourth-order valence-corrected chi connectivity index (χ4v) is 2.27. The average Bonchev–Trinajstić information content (AvgIpc) is 2.60. The highest BCUT2D eigenvalue weighted by Gasteiger charge is 2.07. The van der Waals surface area contributed by atoms with Crippen LogP contribution in [0.25, 0.3) is 6.08 Å². The highest BCUT2D eigenvalue weighted by Crippen LogP contribution is 2.14. The van der Waals surface area contributed by atoms with Crippen LogP contribution in [0.15, 0.2) is 54.6 Å². The van der Waals surface area contributed by atoms with Gasteiger partial charge >= 0.3 is 0 Å². The van der Waals surface area contributed by atoms with E-state index in [1.807, 2.05) is 31.2 Å². The van der Waals surface area contributed by atoms with Gasteiger partial charge in [0.05, 0.1) is 13.2 Å². The molecule has 0 saturated carbocycles. The van der Waals surface area contributed by atoms with Gasteiger partial charge < -0.3 is 10.1 Å². The molecule has 2 aromatic carbocycles. The number of methoxy groups -OCH3 is 1. The van der Waals surface area contributed by atoms with Gasteiger partial charge in [0, 0.05) is 6.08 Å². The number of amides is 1. The van der Waals surface area contributed by atoms with Crippen LogP contribution in [0.3, 0.4) is 0 Å². The van der Waals surface area contributed by atoms with Gasteiger partial charge in [0.25, 0.3) is 0 Å². The largest absolute Gasteiger partial charge is 0.497 e. The molecule has 120 valence electrons. The monoisotopic (exact) mass is 309 g/mol. The minimum absolute atomic E-state index is 0.0195. The highest BCUT2D eigenvalue weighted by atomic mass is 16.5. The molecule has 0 aliphatic rings. The Balaban J connectivity index is 1.93. The predicted molar refractivity (Wildman–Crippen MR) is 94.4 cm³/mol. The molecule has 0 fully saturated rings. The first-order chi connectivity index (χ1) is 11.1. The Kier molecular flexibility index (Phi) is 5.98. The first kappa shape index (κ1) is 16.8. The van der Waals surface area contributed by atoms with E-state index in [0.717, 1.165) is 23.3 Å². The minimum Gasteiger partial charge on any atom is -0.497 e. The van der Waals surface area contributed by atoms with Crippen LogP contribution in [-0.2, 0) is 11.2 Å². The quantitative estimate of drug-likeness (QED) is 0.814. The Hall–Kier alpha value is -2.55. The summed E-state index contributed by atoms with van der Waals surface area (Å²) in [4.78, 5) is 12.0. The maximum atomic E-state index is 12.0. The molecule has 0 spiro atoms. The Morgan fingerprint density at radius 2 is 1.78 bits per heavy atom. The molecule has 1 amide bonds. The minimum atomic E-state index is -0.104. The van der Waals surface area contributed by atoms with Crippen LogP contribution < -0.4 is 10.1 Å². The van der Waals surface area contributed by atoms with Gasteiger partial charge in [0.15, 0.2) is 0 Å². The van der Waals surface area contributed by atoms with Crippen molar-refractivity contribution in [1.82, 2.24) is 5.32 Å². The van der Waals surface area contributed by atoms with Crippen LogP contribution in [0.4, 0.5) is 0 Å². The van der Waals surface area contributed by atoms with Crippen molar-refractivity contribution in [1.29, 1.82) is 0 Å². The van der Waals surface area contributed by atoms with Gasteiger partial charge in [0.1, 0.15) is 5.75 Å². The van der Waals surface area contributed by atoms with Gasteiger partial charge in [-0.15, -0.1) is 0 Å². The molecule has 0 radical (unpaired) electrons. The maximum absolute atomic E-state index is 12.0. The fourth-order valence-electron chi connectivity index (χ4n) is 2.27. The van der Waals surface area contributed by atoms with E-state index < -0.39 is 0 Å². The van der Waals surface area contributed by atoms with Crippen molar-refractivity contribution in [3.05, 3.63) is 71.3 Å². The first-order valence-electron chi connectivity index (χ1n) is 7.84. The van der Waals surface area contributed by atoms with Gasteiger partial charge in [-0.3, -0.25) is 4.79 Å². The zero-order chi connectivity index (χ0) is 16.7. The molecule has 1 atom stereocenters. The third-order valence-corrected chi connectivity index (χ3v) is 3.79. The number of ether oxygens (including phenoxy) is 1. The van der Waals surface area contributed by atoms with Crippen LogP contribution in [-0.4, -0.2) is 13.0 Å². The van der Waals surface area contributed by atoms with Gasteiger partial charge in [-0.2, -0.15) is 0 Å². The van der Waals surface area contributed by atoms with E-state index in [2.05, 4.69) is 36.5 Å². The molecule has 23 heavy (non-hydrogen) atoms. The number of nitrogens with one attached hydrogen (secondary N) is 1. The average molecular weight is 309 g/mol. The number of benzene rings is 2. The number of rotatable bonds is 6. The Morgan fingerprint density at radius 1 is 1.13 bits per heavy atom. The van der Waals surface area contributed by atoms with E-state index in [0.29, 0.717) is 0 Å². The molecule has 2 aromatic rings. The summed E-state index contributed by atoms with van der Waals surface area (Å²) in [5.74, 6) is 0.698. The van der Waals surface area contributed by atoms with Crippen molar-refractivity contribution in [2.45, 2.75) is 26.3 Å². The molecule has 0 heterocycles. The zero-order valence-corrected chi connectivity index (χ0v) is 13.9. The van der Waals surface area contributed by atoms with Gasteiger partial charge in [0.2, 0.25) is 5.91 Å². The molecule has 0 aromatic heterocycles. The zero-order valence-electron chi connectivity index (χ0n) is 13.9. The predicted octanol–water partition coefficient (Wildman–Crippen LogP) is 4.15. The summed E-state index contributed by atoms with van der Waals surface area (Å²) in [7, 11) is 1.63. The van der Waals surface area contributed by atoms with E-state index in [1.165, 1.54) is 5.56 Å². The highest BCUT2D eigenvalue weighted by molar-refractivity contribution is 5.91. The lowest BCUT2D eigenvalue weighted by atomic mass is 10.0. The molecule has 0 bridgehead atoms. The lowest BCUT2D eigenvalue weighted by Crippen LogP contribution is -2.24. The number of hydrogen-bond acceptors (Lipinski definition) is 2. The van der Waals surface area contributed by atoms with E-state index >= 15 is 0 Å². The third-order valence-electron chi connectivity index (χ3n) is 3.79. The molecular formula is C20H23NO2. The Morgan fingerprint density at radius 3 is 2.35 bits per heavy atom. The summed E-state index contributed by atoms with van der Waals surface area (Å²) in [5, 5.41) is 2.98. The second-order valence-electron chi connectivity index (χ2n) is 5.43. The molecule has 0 aliphatic heterocycles. The summed E-state index contributed by atoms with van der Waals surface area (Å²) in [6.07, 6.45) is 4.37. The standard InChI is InChI=1S/C20H23NO2/c1-4-16-5-10-18(11-6-16)15(2)21-20(22)14-9-17-7-12-19(23-3)13-8-17/h5-15H,4H2,1-3H3,(H,21,22). The van der Waals surface area contributed by atoms with Gasteiger partial charge in [-0.1, -0.05) is 43.3 Å². The molecule has 2 rings (SSSR count). The fraction of sp³-hybridized carbons (Fsp3) is 0.250. The number of hydrogen-bond donors (Lipinski definition) is 1. The van der Waals surface area contributed by atoms with Crippen molar-refractivity contribution in [3.8, 4) is 5.75 Å². The second-order valence-corrected chi connectivity index (χ2v) is 5.43. The maximum Gasteiger partial charge on any atom is 0.244 e. The Bertz CT molecular complexity index is 657. The molecule has 3 heteroatoms. The van der Waals surface area contributed by atoms with Gasteiger partial charge in [-0.25, -0.2) is 0 Å². The molecule has 0 saturated heterocycles. The van der Waals surface area contributed by atoms with Crippen molar-refractivity contribution in [2.75, 3.05) is 7.11 Å². The lowest BCUT2D eigenvalue weighted by molar-refractivity contribution is -0.117. The number of aryl methyl sites for hydroxylation is 1. The van der Waals surface area contributed by atoms with Crippen LogP contribution >= 0.6 is 0 Å². The molecule has 1 N–H and O–H groups in total. The number of carbonyl (C=O) groups is 1. The van der Waals surface area contributed by atoms with Crippen molar-refractivity contribution in [2.24, 2.45) is 0 Å². The van der Waals surface area contributed by atoms with E-state index in [9.17, 15) is 4.79 Å². The van der Waals surface area contributed by atoms with Crippen LogP contribution in [0.1, 0.15) is 36.6 Å². The molecule has 1 unspecified atom stereocenters. The van der Waals surface area contributed by atoms with Crippen LogP contribution in [0.5, 0.6) is 5.75 Å². The molecular weight excluding hydrogens is 286 g/mol. The molecule has 3 nitrogen and oxygen atoms in total. The van der Waals surface area contributed by atoms with Crippen molar-refractivity contribution in [3.63, 3.8) is 0 Å². The Labute approximate surface area is 138 Å². The van der Waals surface area contributed by atoms with E-state index in [4.69, 9.17) is 4.74 Å². The SMILES string of the molecule is CCc1ccc(C(C)NC(=O)C=Cc2ccc(OC)cc2)cc1. The molecule has 0 aliphatic carbocycles.